The van der Waals surface area contributed by atoms with E-state index in [0.29, 0.717) is 31.2 Å². The van der Waals surface area contributed by atoms with E-state index in [1.54, 1.807) is 23.4 Å². The minimum atomic E-state index is -0.520. The monoisotopic (exact) mass is 338 g/mol. The maximum atomic E-state index is 12.9. The Hall–Kier alpha value is -3.16. The van der Waals surface area contributed by atoms with Gasteiger partial charge in [-0.05, 0) is 36.6 Å². The van der Waals surface area contributed by atoms with Gasteiger partial charge in [-0.1, -0.05) is 6.07 Å². The number of aromatic nitrogens is 5. The van der Waals surface area contributed by atoms with E-state index in [1.807, 2.05) is 12.1 Å². The summed E-state index contributed by atoms with van der Waals surface area (Å²) in [6, 6.07) is 6.61. The molecule has 7 nitrogen and oxygen atoms in total. The normalized spacial score (nSPS) is 17.2. The molecular weight excluding hydrogens is 323 g/mol. The number of carbonyl (C=O) groups is 1. The Labute approximate surface area is 143 Å². The number of nitrogens with one attached hydrogen (secondary N) is 1. The lowest BCUT2D eigenvalue weighted by atomic mass is 9.99. The molecule has 0 aliphatic carbocycles. The van der Waals surface area contributed by atoms with Gasteiger partial charge in [0.05, 0.1) is 0 Å². The number of halogens is 1. The van der Waals surface area contributed by atoms with Crippen molar-refractivity contribution in [2.75, 3.05) is 11.4 Å². The average Bonchev–Trinajstić information content (AvgIpc) is 3.25. The predicted octanol–water partition coefficient (Wildman–Crippen LogP) is 2.00. The van der Waals surface area contributed by atoms with Crippen LogP contribution in [-0.2, 0) is 11.2 Å². The highest BCUT2D eigenvalue weighted by molar-refractivity contribution is 5.95. The molecule has 3 aromatic rings. The minimum Gasteiger partial charge on any atom is -0.307 e. The third-order valence-corrected chi connectivity index (χ3v) is 4.27. The molecule has 1 fully saturated rings. The van der Waals surface area contributed by atoms with Crippen LogP contribution >= 0.6 is 0 Å². The number of H-pyrrole nitrogens is 1. The van der Waals surface area contributed by atoms with Gasteiger partial charge in [0, 0.05) is 36.6 Å². The first kappa shape index (κ1) is 15.4. The summed E-state index contributed by atoms with van der Waals surface area (Å²) in [6.07, 6.45) is 6.06. The summed E-state index contributed by atoms with van der Waals surface area (Å²) >= 11 is 0. The second-order valence-corrected chi connectivity index (χ2v) is 5.90. The molecule has 8 heteroatoms. The Balaban J connectivity index is 1.48. The van der Waals surface area contributed by atoms with Crippen LogP contribution < -0.4 is 4.90 Å². The van der Waals surface area contributed by atoms with E-state index in [0.717, 1.165) is 11.1 Å². The largest absolute Gasteiger partial charge is 0.307 e. The quantitative estimate of drug-likeness (QED) is 0.735. The van der Waals surface area contributed by atoms with Crippen LogP contribution in [0.25, 0.3) is 11.4 Å². The molecule has 0 bridgehead atoms. The zero-order chi connectivity index (χ0) is 17.2. The summed E-state index contributed by atoms with van der Waals surface area (Å²) in [6.45, 7) is 0.573. The topological polar surface area (TPSA) is 87.7 Å². The lowest BCUT2D eigenvalue weighted by Crippen LogP contribution is -2.28. The van der Waals surface area contributed by atoms with Crippen LogP contribution in [0.1, 0.15) is 12.0 Å². The van der Waals surface area contributed by atoms with E-state index in [2.05, 4.69) is 25.1 Å². The van der Waals surface area contributed by atoms with E-state index in [-0.39, 0.29) is 11.8 Å². The van der Waals surface area contributed by atoms with E-state index in [4.69, 9.17) is 0 Å². The van der Waals surface area contributed by atoms with E-state index in [1.165, 1.54) is 12.3 Å². The highest BCUT2D eigenvalue weighted by Crippen LogP contribution is 2.26. The number of hydrogen-bond acceptors (Lipinski definition) is 5. The van der Waals surface area contributed by atoms with Gasteiger partial charge in [0.15, 0.2) is 5.82 Å². The number of rotatable bonds is 4. The Kier molecular flexibility index (Phi) is 3.93. The van der Waals surface area contributed by atoms with Crippen LogP contribution in [0.4, 0.5) is 10.3 Å². The van der Waals surface area contributed by atoms with Crippen LogP contribution in [0.2, 0.25) is 0 Å². The smallest absolute Gasteiger partial charge is 0.232 e. The number of nitrogens with zero attached hydrogens (tertiary/aromatic N) is 5. The van der Waals surface area contributed by atoms with Crippen molar-refractivity contribution >= 4 is 11.9 Å². The third-order valence-electron chi connectivity index (χ3n) is 4.27. The van der Waals surface area contributed by atoms with Crippen LogP contribution in [0, 0.1) is 11.9 Å². The standard InChI is InChI=1S/C17H15FN6O/c18-14-2-1-11(10-20-14)9-13-5-8-24(16(13)25)17-21-15(22-23-17)12-3-6-19-7-4-12/h1-4,6-7,10,13H,5,8-9H2,(H,21,22,23)/t13-/m0/s1. The SMILES string of the molecule is O=C1[C@H](Cc2ccc(F)nc2)CCN1c1nnc(-c2ccncc2)[nH]1. The van der Waals surface area contributed by atoms with Gasteiger partial charge in [-0.2, -0.15) is 4.39 Å². The molecule has 1 atom stereocenters. The maximum absolute atomic E-state index is 12.9. The van der Waals surface area contributed by atoms with Gasteiger partial charge in [0.1, 0.15) is 0 Å². The van der Waals surface area contributed by atoms with Crippen molar-refractivity contribution in [3.8, 4) is 11.4 Å². The predicted molar refractivity (Wildman–Crippen MR) is 88.0 cm³/mol. The maximum Gasteiger partial charge on any atom is 0.232 e. The van der Waals surface area contributed by atoms with Crippen molar-refractivity contribution in [3.63, 3.8) is 0 Å². The Morgan fingerprint density at radius 3 is 2.80 bits per heavy atom. The number of pyridine rings is 2. The highest BCUT2D eigenvalue weighted by atomic mass is 19.1. The van der Waals surface area contributed by atoms with Gasteiger partial charge >= 0.3 is 0 Å². The summed E-state index contributed by atoms with van der Waals surface area (Å²) in [7, 11) is 0. The molecule has 1 N–H and O–H groups in total. The fourth-order valence-electron chi connectivity index (χ4n) is 2.96. The van der Waals surface area contributed by atoms with Crippen molar-refractivity contribution in [2.45, 2.75) is 12.8 Å². The summed E-state index contributed by atoms with van der Waals surface area (Å²) < 4.78 is 12.9. The molecule has 3 aromatic heterocycles. The second-order valence-electron chi connectivity index (χ2n) is 5.90. The van der Waals surface area contributed by atoms with Crippen molar-refractivity contribution in [3.05, 3.63) is 54.4 Å². The van der Waals surface area contributed by atoms with Crippen molar-refractivity contribution < 1.29 is 9.18 Å². The Morgan fingerprint density at radius 1 is 1.20 bits per heavy atom. The average molecular weight is 338 g/mol. The first-order chi connectivity index (χ1) is 12.2. The molecule has 1 amide bonds. The number of carbonyl (C=O) groups excluding carboxylic acids is 1. The van der Waals surface area contributed by atoms with Crippen molar-refractivity contribution in [1.82, 2.24) is 25.1 Å². The summed E-state index contributed by atoms with van der Waals surface area (Å²) in [5, 5.41) is 8.20. The van der Waals surface area contributed by atoms with Gasteiger partial charge in [-0.15, -0.1) is 10.2 Å². The number of aromatic amines is 1. The second kappa shape index (κ2) is 6.39. The summed E-state index contributed by atoms with van der Waals surface area (Å²) in [4.78, 5) is 25.0. The zero-order valence-electron chi connectivity index (χ0n) is 13.3. The van der Waals surface area contributed by atoms with Crippen molar-refractivity contribution in [2.24, 2.45) is 5.92 Å². The molecule has 1 saturated heterocycles. The first-order valence-corrected chi connectivity index (χ1v) is 7.95. The van der Waals surface area contributed by atoms with E-state index >= 15 is 0 Å². The van der Waals surface area contributed by atoms with Crippen LogP contribution in [0.5, 0.6) is 0 Å². The fraction of sp³-hybridized carbons (Fsp3) is 0.235. The lowest BCUT2D eigenvalue weighted by molar-refractivity contribution is -0.120. The molecular formula is C17H15FN6O. The van der Waals surface area contributed by atoms with Gasteiger partial charge in [-0.3, -0.25) is 14.7 Å². The minimum absolute atomic E-state index is 0.0123. The van der Waals surface area contributed by atoms with Gasteiger partial charge in [-0.25, -0.2) is 4.98 Å². The fourth-order valence-corrected chi connectivity index (χ4v) is 2.96. The van der Waals surface area contributed by atoms with Gasteiger partial charge in [0.2, 0.25) is 17.8 Å². The first-order valence-electron chi connectivity index (χ1n) is 7.95. The molecule has 126 valence electrons. The molecule has 0 radical (unpaired) electrons. The number of amides is 1. The number of hydrogen-bond donors (Lipinski definition) is 1. The Bertz CT molecular complexity index is 880. The highest BCUT2D eigenvalue weighted by Gasteiger charge is 2.34. The molecule has 1 aliphatic rings. The summed E-state index contributed by atoms with van der Waals surface area (Å²) in [5.41, 5.74) is 1.70. The van der Waals surface area contributed by atoms with Crippen LogP contribution in [0.15, 0.2) is 42.9 Å². The molecule has 4 heterocycles. The molecule has 4 rings (SSSR count). The Morgan fingerprint density at radius 2 is 2.04 bits per heavy atom. The van der Waals surface area contributed by atoms with Gasteiger partial charge in [0.25, 0.3) is 0 Å². The lowest BCUT2D eigenvalue weighted by Gasteiger charge is -2.12. The van der Waals surface area contributed by atoms with Crippen LogP contribution in [0.3, 0.4) is 0 Å². The van der Waals surface area contributed by atoms with Crippen molar-refractivity contribution in [1.29, 1.82) is 0 Å². The van der Waals surface area contributed by atoms with E-state index < -0.39 is 5.95 Å². The molecule has 1 aliphatic heterocycles. The zero-order valence-corrected chi connectivity index (χ0v) is 13.3. The molecule has 0 spiro atoms. The molecule has 25 heavy (non-hydrogen) atoms. The molecule has 0 aromatic carbocycles. The van der Waals surface area contributed by atoms with Gasteiger partial charge < -0.3 is 4.98 Å². The van der Waals surface area contributed by atoms with E-state index in [9.17, 15) is 9.18 Å². The third kappa shape index (κ3) is 3.10. The number of anilines is 1. The molecule has 0 unspecified atom stereocenters. The molecule has 0 saturated carbocycles. The van der Waals surface area contributed by atoms with Crippen LogP contribution in [-0.4, -0.2) is 37.6 Å². The summed E-state index contributed by atoms with van der Waals surface area (Å²) in [5.74, 6) is 0.338.